The molecule has 0 aromatic carbocycles. The Morgan fingerprint density at radius 1 is 1.23 bits per heavy atom. The summed E-state index contributed by atoms with van der Waals surface area (Å²) in [6.07, 6.45) is 10.4. The molecule has 3 fully saturated rings. The summed E-state index contributed by atoms with van der Waals surface area (Å²) in [6, 6.07) is 0. The minimum absolute atomic E-state index is 0.0615. The minimum atomic E-state index is -0.441. The number of halogens is 1. The van der Waals surface area contributed by atoms with Crippen LogP contribution in [0.1, 0.15) is 72.1 Å². The summed E-state index contributed by atoms with van der Waals surface area (Å²) in [5, 5.41) is 19.9. The SMILES string of the molecule is CC[C@@H]1C[C@@]2(C)C(=CC[C@@H]3[C@@H]2CC[C@]2(C)C(=C(F)CO)CC[C@@H]32)C[C@H]1O. The highest BCUT2D eigenvalue weighted by Crippen LogP contribution is 2.67. The first kappa shape index (κ1) is 18.7. The van der Waals surface area contributed by atoms with Crippen LogP contribution in [0.5, 0.6) is 0 Å². The third kappa shape index (κ3) is 2.49. The van der Waals surface area contributed by atoms with Gasteiger partial charge in [0.05, 0.1) is 12.7 Å². The van der Waals surface area contributed by atoms with E-state index >= 15 is 0 Å². The zero-order chi connectivity index (χ0) is 18.7. The summed E-state index contributed by atoms with van der Waals surface area (Å²) in [4.78, 5) is 0. The highest BCUT2D eigenvalue weighted by atomic mass is 19.1. The van der Waals surface area contributed by atoms with Crippen molar-refractivity contribution in [2.24, 2.45) is 34.5 Å². The van der Waals surface area contributed by atoms with Crippen molar-refractivity contribution in [2.45, 2.75) is 78.2 Å². The maximum Gasteiger partial charge on any atom is 0.125 e. The van der Waals surface area contributed by atoms with E-state index in [9.17, 15) is 14.6 Å². The molecule has 26 heavy (non-hydrogen) atoms. The average molecular weight is 363 g/mol. The van der Waals surface area contributed by atoms with Crippen molar-refractivity contribution < 1.29 is 14.6 Å². The fraction of sp³-hybridized carbons (Fsp3) is 0.826. The van der Waals surface area contributed by atoms with Gasteiger partial charge in [-0.1, -0.05) is 38.8 Å². The molecule has 0 amide bonds. The molecule has 0 radical (unpaired) electrons. The van der Waals surface area contributed by atoms with Crippen LogP contribution in [0.2, 0.25) is 0 Å². The summed E-state index contributed by atoms with van der Waals surface area (Å²) in [6.45, 7) is 6.47. The molecule has 4 aliphatic rings. The molecule has 0 bridgehead atoms. The molecule has 0 aromatic rings. The van der Waals surface area contributed by atoms with Crippen molar-refractivity contribution in [3.63, 3.8) is 0 Å². The first-order valence-corrected chi connectivity index (χ1v) is 10.7. The van der Waals surface area contributed by atoms with Crippen LogP contribution in [0.4, 0.5) is 4.39 Å². The fourth-order valence-electron chi connectivity index (χ4n) is 7.60. The number of hydrogen-bond donors (Lipinski definition) is 2. The molecule has 7 atom stereocenters. The molecule has 2 nitrogen and oxygen atoms in total. The number of rotatable bonds is 2. The van der Waals surface area contributed by atoms with Crippen LogP contribution in [-0.2, 0) is 0 Å². The summed E-state index contributed by atoms with van der Waals surface area (Å²) in [7, 11) is 0. The second kappa shape index (κ2) is 6.44. The van der Waals surface area contributed by atoms with Gasteiger partial charge in [0.2, 0.25) is 0 Å². The zero-order valence-electron chi connectivity index (χ0n) is 16.6. The Balaban J connectivity index is 1.67. The molecule has 0 aliphatic heterocycles. The Morgan fingerprint density at radius 2 is 1.96 bits per heavy atom. The average Bonchev–Trinajstić information content (AvgIpc) is 2.98. The molecule has 3 saturated carbocycles. The highest BCUT2D eigenvalue weighted by molar-refractivity contribution is 5.31. The fourth-order valence-corrected chi connectivity index (χ4v) is 7.60. The van der Waals surface area contributed by atoms with Gasteiger partial charge >= 0.3 is 0 Å². The lowest BCUT2D eigenvalue weighted by atomic mass is 9.47. The summed E-state index contributed by atoms with van der Waals surface area (Å²) < 4.78 is 14.4. The van der Waals surface area contributed by atoms with Gasteiger partial charge in [0.1, 0.15) is 5.83 Å². The normalized spacial score (nSPS) is 49.8. The van der Waals surface area contributed by atoms with E-state index < -0.39 is 6.61 Å². The number of hydrogen-bond acceptors (Lipinski definition) is 2. The van der Waals surface area contributed by atoms with E-state index in [4.69, 9.17) is 0 Å². The van der Waals surface area contributed by atoms with Crippen LogP contribution < -0.4 is 0 Å². The van der Waals surface area contributed by atoms with Crippen molar-refractivity contribution in [1.29, 1.82) is 0 Å². The third-order valence-corrected chi connectivity index (χ3v) is 9.06. The minimum Gasteiger partial charge on any atom is -0.393 e. The highest BCUT2D eigenvalue weighted by Gasteiger charge is 2.58. The Morgan fingerprint density at radius 3 is 2.65 bits per heavy atom. The van der Waals surface area contributed by atoms with Gasteiger partial charge in [-0.15, -0.1) is 0 Å². The van der Waals surface area contributed by atoms with E-state index in [1.807, 2.05) is 0 Å². The van der Waals surface area contributed by atoms with E-state index in [1.165, 1.54) is 5.57 Å². The Kier molecular flexibility index (Phi) is 4.63. The van der Waals surface area contributed by atoms with E-state index in [1.54, 1.807) is 0 Å². The van der Waals surface area contributed by atoms with Gasteiger partial charge in [0.25, 0.3) is 0 Å². The first-order chi connectivity index (χ1) is 12.3. The van der Waals surface area contributed by atoms with Crippen LogP contribution in [0.15, 0.2) is 23.0 Å². The monoisotopic (exact) mass is 362 g/mol. The van der Waals surface area contributed by atoms with Crippen molar-refractivity contribution >= 4 is 0 Å². The molecule has 0 aromatic heterocycles. The lowest BCUT2D eigenvalue weighted by Gasteiger charge is -2.58. The summed E-state index contributed by atoms with van der Waals surface area (Å²) in [5.74, 6) is 1.97. The molecule has 0 heterocycles. The first-order valence-electron chi connectivity index (χ1n) is 10.7. The lowest BCUT2D eigenvalue weighted by molar-refractivity contribution is -0.0469. The van der Waals surface area contributed by atoms with Gasteiger partial charge in [-0.2, -0.15) is 0 Å². The molecule has 2 N–H and O–H groups in total. The molecule has 0 saturated heterocycles. The van der Waals surface area contributed by atoms with E-state index in [0.717, 1.165) is 56.9 Å². The van der Waals surface area contributed by atoms with Crippen LogP contribution in [0, 0.1) is 34.5 Å². The van der Waals surface area contributed by atoms with Gasteiger partial charge in [0.15, 0.2) is 0 Å². The third-order valence-electron chi connectivity index (χ3n) is 9.06. The summed E-state index contributed by atoms with van der Waals surface area (Å²) in [5.41, 5.74) is 2.56. The van der Waals surface area contributed by atoms with Gasteiger partial charge in [-0.25, -0.2) is 4.39 Å². The molecule has 0 unspecified atom stereocenters. The molecular formula is C23H35FO2. The van der Waals surface area contributed by atoms with E-state index in [-0.39, 0.29) is 22.8 Å². The molecule has 4 aliphatic carbocycles. The van der Waals surface area contributed by atoms with Gasteiger partial charge < -0.3 is 10.2 Å². The van der Waals surface area contributed by atoms with Crippen LogP contribution in [0.3, 0.4) is 0 Å². The molecule has 4 rings (SSSR count). The van der Waals surface area contributed by atoms with Gasteiger partial charge in [-0.05, 0) is 85.0 Å². The van der Waals surface area contributed by atoms with Crippen molar-refractivity contribution in [3.05, 3.63) is 23.0 Å². The maximum absolute atomic E-state index is 14.4. The van der Waals surface area contributed by atoms with Gasteiger partial charge in [0, 0.05) is 0 Å². The second-order valence-electron chi connectivity index (χ2n) is 9.94. The van der Waals surface area contributed by atoms with Crippen molar-refractivity contribution in [2.75, 3.05) is 6.61 Å². The van der Waals surface area contributed by atoms with Crippen LogP contribution >= 0.6 is 0 Å². The number of aliphatic hydroxyl groups is 2. The quantitative estimate of drug-likeness (QED) is 0.666. The summed E-state index contributed by atoms with van der Waals surface area (Å²) >= 11 is 0. The lowest BCUT2D eigenvalue weighted by Crippen LogP contribution is -2.51. The Hall–Kier alpha value is -0.670. The molecule has 0 spiro atoms. The topological polar surface area (TPSA) is 40.5 Å². The standard InChI is InChI=1S/C23H35FO2/c1-4-14-12-23(3)15(11-21(14)26)5-6-16-17-7-8-19(20(24)13-25)22(17,2)10-9-18(16)23/h5,14,16-18,21,25-26H,4,6-13H2,1-3H3/t14-,16+,17+,18+,21-,22+,23+/m1/s1. The van der Waals surface area contributed by atoms with E-state index in [2.05, 4.69) is 26.8 Å². The molecular weight excluding hydrogens is 327 g/mol. The van der Waals surface area contributed by atoms with Crippen molar-refractivity contribution in [3.8, 4) is 0 Å². The Bertz CT molecular complexity index is 638. The predicted octanol–water partition coefficient (Wildman–Crippen LogP) is 5.16. The smallest absolute Gasteiger partial charge is 0.125 e. The zero-order valence-corrected chi connectivity index (χ0v) is 16.6. The van der Waals surface area contributed by atoms with E-state index in [0.29, 0.717) is 23.7 Å². The largest absolute Gasteiger partial charge is 0.393 e. The van der Waals surface area contributed by atoms with Crippen LogP contribution in [0.25, 0.3) is 0 Å². The second-order valence-corrected chi connectivity index (χ2v) is 9.94. The molecule has 146 valence electrons. The molecule has 3 heteroatoms. The van der Waals surface area contributed by atoms with Crippen molar-refractivity contribution in [1.82, 2.24) is 0 Å². The van der Waals surface area contributed by atoms with Gasteiger partial charge in [-0.3, -0.25) is 0 Å². The van der Waals surface area contributed by atoms with Crippen LogP contribution in [-0.4, -0.2) is 22.9 Å². The number of fused-ring (bicyclic) bond motifs is 5. The Labute approximate surface area is 157 Å². The predicted molar refractivity (Wildman–Crippen MR) is 102 cm³/mol. The number of aliphatic hydroxyl groups excluding tert-OH is 2. The number of allylic oxidation sites excluding steroid dienone is 2. The maximum atomic E-state index is 14.4.